The Morgan fingerprint density at radius 3 is 1.97 bits per heavy atom. The number of fused-ring (bicyclic) bond motifs is 6. The summed E-state index contributed by atoms with van der Waals surface area (Å²) in [6.07, 6.45) is 2.10. The molecule has 2 heterocycles. The van der Waals surface area contributed by atoms with Crippen LogP contribution < -0.4 is 0 Å². The molecule has 0 aliphatic heterocycles. The van der Waals surface area contributed by atoms with Crippen molar-refractivity contribution in [2.75, 3.05) is 0 Å². The Kier molecular flexibility index (Phi) is 4.62. The minimum atomic E-state index is 0.144. The van der Waals surface area contributed by atoms with Crippen molar-refractivity contribution in [3.63, 3.8) is 0 Å². The van der Waals surface area contributed by atoms with E-state index < -0.39 is 0 Å². The summed E-state index contributed by atoms with van der Waals surface area (Å²) in [5.74, 6) is 0.144. The summed E-state index contributed by atoms with van der Waals surface area (Å²) < 4.78 is 2.41. The van der Waals surface area contributed by atoms with Gasteiger partial charge in [-0.1, -0.05) is 97.1 Å². The minimum absolute atomic E-state index is 0.144. The Bertz CT molecular complexity index is 1950. The molecule has 0 saturated carbocycles. The van der Waals surface area contributed by atoms with Gasteiger partial charge in [-0.05, 0) is 64.2 Å². The fourth-order valence-corrected chi connectivity index (χ4v) is 6.23. The standard InChI is InChI=1S/C36H24N2/c1-4-12-24(13-5-1)33-21-29-28-20-30-27-18-10-11-19-34(27)38(26-16-8-3-9-17-26)35(30)22-31(28)36(32(29)23-37-33)25-14-6-2-7-15-25/h1-23,36H. The molecule has 0 radical (unpaired) electrons. The Hall–Kier alpha value is -4.95. The van der Waals surface area contributed by atoms with Gasteiger partial charge in [0.15, 0.2) is 0 Å². The fraction of sp³-hybridized carbons (Fsp3) is 0.0278. The third-order valence-electron chi connectivity index (χ3n) is 7.91. The number of hydrogen-bond donors (Lipinski definition) is 0. The molecule has 0 bridgehead atoms. The smallest absolute Gasteiger partial charge is 0.0708 e. The van der Waals surface area contributed by atoms with E-state index in [-0.39, 0.29) is 5.92 Å². The van der Waals surface area contributed by atoms with Gasteiger partial charge in [0, 0.05) is 34.1 Å². The van der Waals surface area contributed by atoms with Gasteiger partial charge in [0.1, 0.15) is 0 Å². The molecule has 1 atom stereocenters. The van der Waals surface area contributed by atoms with Crippen molar-refractivity contribution in [1.82, 2.24) is 9.55 Å². The van der Waals surface area contributed by atoms with Crippen LogP contribution in [0, 0.1) is 0 Å². The van der Waals surface area contributed by atoms with Crippen molar-refractivity contribution < 1.29 is 0 Å². The van der Waals surface area contributed by atoms with Gasteiger partial charge in [-0.15, -0.1) is 0 Å². The molecular formula is C36H24N2. The van der Waals surface area contributed by atoms with Crippen LogP contribution in [0.2, 0.25) is 0 Å². The second-order valence-corrected chi connectivity index (χ2v) is 10.0. The molecule has 2 nitrogen and oxygen atoms in total. The molecule has 0 spiro atoms. The normalized spacial score (nSPS) is 14.1. The summed E-state index contributed by atoms with van der Waals surface area (Å²) in [6, 6.07) is 47.9. The highest BCUT2D eigenvalue weighted by Gasteiger charge is 2.32. The van der Waals surface area contributed by atoms with E-state index in [1.165, 1.54) is 55.3 Å². The maximum absolute atomic E-state index is 4.95. The molecule has 2 heteroatoms. The highest BCUT2D eigenvalue weighted by Crippen LogP contribution is 2.51. The second kappa shape index (κ2) is 8.29. The highest BCUT2D eigenvalue weighted by molar-refractivity contribution is 6.11. The summed E-state index contributed by atoms with van der Waals surface area (Å²) in [5, 5.41) is 2.55. The van der Waals surface area contributed by atoms with Gasteiger partial charge >= 0.3 is 0 Å². The van der Waals surface area contributed by atoms with Crippen molar-refractivity contribution in [2.24, 2.45) is 0 Å². The van der Waals surface area contributed by atoms with Gasteiger partial charge in [0.2, 0.25) is 0 Å². The van der Waals surface area contributed by atoms with Crippen LogP contribution in [0.5, 0.6) is 0 Å². The van der Waals surface area contributed by atoms with Gasteiger partial charge in [0.25, 0.3) is 0 Å². The lowest BCUT2D eigenvalue weighted by Crippen LogP contribution is -2.00. The van der Waals surface area contributed by atoms with Crippen molar-refractivity contribution in [1.29, 1.82) is 0 Å². The van der Waals surface area contributed by atoms with Crippen molar-refractivity contribution in [2.45, 2.75) is 5.92 Å². The Balaban J connectivity index is 1.46. The van der Waals surface area contributed by atoms with Gasteiger partial charge < -0.3 is 4.57 Å². The van der Waals surface area contributed by atoms with Gasteiger partial charge in [-0.2, -0.15) is 0 Å². The van der Waals surface area contributed by atoms with Crippen LogP contribution in [0.25, 0.3) is 49.9 Å². The first kappa shape index (κ1) is 21.2. The molecule has 0 amide bonds. The predicted octanol–water partition coefficient (Wildman–Crippen LogP) is 9.01. The molecule has 8 rings (SSSR count). The van der Waals surface area contributed by atoms with Crippen LogP contribution in [-0.2, 0) is 0 Å². The van der Waals surface area contributed by atoms with E-state index in [0.29, 0.717) is 0 Å². The number of nitrogens with zero attached hydrogens (tertiary/aromatic N) is 2. The zero-order valence-corrected chi connectivity index (χ0v) is 20.8. The van der Waals surface area contributed by atoms with Crippen LogP contribution in [0.15, 0.2) is 140 Å². The average molecular weight is 485 g/mol. The molecule has 1 aliphatic carbocycles. The molecule has 1 aliphatic rings. The maximum atomic E-state index is 4.95. The zero-order valence-electron chi connectivity index (χ0n) is 20.8. The number of aromatic nitrogens is 2. The molecule has 0 saturated heterocycles. The monoisotopic (exact) mass is 484 g/mol. The number of pyridine rings is 1. The van der Waals surface area contributed by atoms with Crippen LogP contribution in [0.4, 0.5) is 0 Å². The number of hydrogen-bond acceptors (Lipinski definition) is 1. The third kappa shape index (κ3) is 3.10. The van der Waals surface area contributed by atoms with E-state index in [1.807, 2.05) is 0 Å². The van der Waals surface area contributed by atoms with Crippen LogP contribution in [0.3, 0.4) is 0 Å². The largest absolute Gasteiger partial charge is 0.309 e. The molecular weight excluding hydrogens is 460 g/mol. The van der Waals surface area contributed by atoms with E-state index >= 15 is 0 Å². The van der Waals surface area contributed by atoms with Gasteiger partial charge in [-0.3, -0.25) is 4.98 Å². The fourth-order valence-electron chi connectivity index (χ4n) is 6.23. The van der Waals surface area contributed by atoms with Gasteiger partial charge in [0.05, 0.1) is 16.7 Å². The van der Waals surface area contributed by atoms with E-state index in [4.69, 9.17) is 4.98 Å². The molecule has 2 aromatic heterocycles. The minimum Gasteiger partial charge on any atom is -0.309 e. The molecule has 5 aromatic carbocycles. The van der Waals surface area contributed by atoms with Crippen molar-refractivity contribution in [3.05, 3.63) is 156 Å². The summed E-state index contributed by atoms with van der Waals surface area (Å²) in [7, 11) is 0. The van der Waals surface area contributed by atoms with Crippen LogP contribution in [0.1, 0.15) is 22.6 Å². The highest BCUT2D eigenvalue weighted by atomic mass is 15.0. The molecule has 1 unspecified atom stereocenters. The van der Waals surface area contributed by atoms with E-state index in [9.17, 15) is 0 Å². The summed E-state index contributed by atoms with van der Waals surface area (Å²) in [4.78, 5) is 4.95. The van der Waals surface area contributed by atoms with Crippen LogP contribution >= 0.6 is 0 Å². The van der Waals surface area contributed by atoms with Crippen molar-refractivity contribution in [3.8, 4) is 28.1 Å². The average Bonchev–Trinajstić information content (AvgIpc) is 3.49. The first-order chi connectivity index (χ1) is 18.9. The van der Waals surface area contributed by atoms with Gasteiger partial charge in [-0.25, -0.2) is 0 Å². The van der Waals surface area contributed by atoms with E-state index in [2.05, 4.69) is 144 Å². The lowest BCUT2D eigenvalue weighted by atomic mass is 9.89. The Labute approximate surface area is 221 Å². The van der Waals surface area contributed by atoms with E-state index in [0.717, 1.165) is 11.3 Å². The first-order valence-corrected chi connectivity index (χ1v) is 13.1. The molecule has 178 valence electrons. The molecule has 38 heavy (non-hydrogen) atoms. The van der Waals surface area contributed by atoms with E-state index in [1.54, 1.807) is 0 Å². The SMILES string of the molecule is c1ccc(-c2cc3c(cn2)C(c2ccccc2)c2cc4c(cc2-3)c2ccccc2n4-c2ccccc2)cc1. The molecule has 0 fully saturated rings. The first-order valence-electron chi connectivity index (χ1n) is 13.1. The summed E-state index contributed by atoms with van der Waals surface area (Å²) in [5.41, 5.74) is 12.3. The quantitative estimate of drug-likeness (QED) is 0.245. The number of para-hydroxylation sites is 2. The van der Waals surface area contributed by atoms with Crippen LogP contribution in [-0.4, -0.2) is 9.55 Å². The van der Waals surface area contributed by atoms with Crippen molar-refractivity contribution >= 4 is 21.8 Å². The Morgan fingerprint density at radius 2 is 1.18 bits per heavy atom. The number of rotatable bonds is 3. The molecule has 0 N–H and O–H groups in total. The maximum Gasteiger partial charge on any atom is 0.0708 e. The summed E-state index contributed by atoms with van der Waals surface area (Å²) >= 11 is 0. The lowest BCUT2D eigenvalue weighted by molar-refractivity contribution is 1.00. The number of benzene rings is 5. The summed E-state index contributed by atoms with van der Waals surface area (Å²) in [6.45, 7) is 0. The molecule has 7 aromatic rings. The third-order valence-corrected chi connectivity index (χ3v) is 7.91. The topological polar surface area (TPSA) is 17.8 Å². The zero-order chi connectivity index (χ0) is 25.1. The lowest BCUT2D eigenvalue weighted by Gasteiger charge is -2.15. The Morgan fingerprint density at radius 1 is 0.526 bits per heavy atom. The predicted molar refractivity (Wildman–Crippen MR) is 157 cm³/mol. The second-order valence-electron chi connectivity index (χ2n) is 10.0.